The van der Waals surface area contributed by atoms with Gasteiger partial charge in [0.15, 0.2) is 0 Å². The Bertz CT molecular complexity index is 218. The summed E-state index contributed by atoms with van der Waals surface area (Å²) in [4.78, 5) is 13.9. The fourth-order valence-electron chi connectivity index (χ4n) is 1.81. The molecule has 1 amide bonds. The van der Waals surface area contributed by atoms with E-state index in [1.165, 1.54) is 0 Å². The van der Waals surface area contributed by atoms with Gasteiger partial charge in [-0.25, -0.2) is 0 Å². The first-order valence-electron chi connectivity index (χ1n) is 6.16. The van der Waals surface area contributed by atoms with Crippen molar-refractivity contribution in [2.75, 3.05) is 26.3 Å². The average Bonchev–Trinajstić information content (AvgIpc) is 2.26. The van der Waals surface area contributed by atoms with Crippen molar-refractivity contribution in [1.82, 2.24) is 4.90 Å². The quantitative estimate of drug-likeness (QED) is 0.740. The molecule has 0 aromatic rings. The van der Waals surface area contributed by atoms with Crippen LogP contribution in [-0.2, 0) is 9.53 Å². The monoisotopic (exact) mass is 229 g/mol. The van der Waals surface area contributed by atoms with Gasteiger partial charge in [0.05, 0.1) is 6.61 Å². The minimum absolute atomic E-state index is 0.0975. The first-order chi connectivity index (χ1) is 7.65. The Morgan fingerprint density at radius 2 is 2.31 bits per heavy atom. The fourth-order valence-corrected chi connectivity index (χ4v) is 1.81. The Labute approximate surface area is 97.6 Å². The third-order valence-electron chi connectivity index (χ3n) is 2.87. The summed E-state index contributed by atoms with van der Waals surface area (Å²) in [5.74, 6) is 0.715. The van der Waals surface area contributed by atoms with Gasteiger partial charge in [0.2, 0.25) is 0 Å². The number of nitrogens with zero attached hydrogens (tertiary/aromatic N) is 1. The largest absolute Gasteiger partial charge is 0.396 e. The van der Waals surface area contributed by atoms with Gasteiger partial charge in [-0.3, -0.25) is 4.79 Å². The number of morpholine rings is 1. The molecule has 4 heteroatoms. The van der Waals surface area contributed by atoms with E-state index in [0.29, 0.717) is 31.9 Å². The number of hydrogen-bond acceptors (Lipinski definition) is 3. The summed E-state index contributed by atoms with van der Waals surface area (Å²) in [5, 5.41) is 8.74. The predicted octanol–water partition coefficient (Wildman–Crippen LogP) is 1.03. The van der Waals surface area contributed by atoms with Gasteiger partial charge in [0, 0.05) is 19.7 Å². The summed E-state index contributed by atoms with van der Waals surface area (Å²) in [6.07, 6.45) is 1.98. The zero-order valence-electron chi connectivity index (χ0n) is 10.3. The van der Waals surface area contributed by atoms with Gasteiger partial charge in [0.1, 0.15) is 6.10 Å². The molecule has 0 spiro atoms. The lowest BCUT2D eigenvalue weighted by Gasteiger charge is -2.32. The molecule has 4 nitrogen and oxygen atoms in total. The highest BCUT2D eigenvalue weighted by Crippen LogP contribution is 2.13. The third-order valence-corrected chi connectivity index (χ3v) is 2.87. The first-order valence-corrected chi connectivity index (χ1v) is 6.16. The van der Waals surface area contributed by atoms with Gasteiger partial charge in [-0.2, -0.15) is 0 Å². The molecule has 0 aliphatic carbocycles. The number of carbonyl (C=O) groups is 1. The first kappa shape index (κ1) is 13.5. The van der Waals surface area contributed by atoms with E-state index in [2.05, 4.69) is 13.8 Å². The fraction of sp³-hybridized carbons (Fsp3) is 0.917. The molecule has 1 aliphatic rings. The van der Waals surface area contributed by atoms with Crippen LogP contribution in [0.25, 0.3) is 0 Å². The van der Waals surface area contributed by atoms with Crippen LogP contribution in [-0.4, -0.2) is 48.3 Å². The van der Waals surface area contributed by atoms with Crippen LogP contribution in [0.15, 0.2) is 0 Å². The molecule has 1 rings (SSSR count). The van der Waals surface area contributed by atoms with E-state index in [4.69, 9.17) is 9.84 Å². The van der Waals surface area contributed by atoms with Gasteiger partial charge in [0.25, 0.3) is 5.91 Å². The molecular formula is C12H23NO3. The number of ether oxygens (including phenoxy) is 1. The molecule has 0 radical (unpaired) electrons. The van der Waals surface area contributed by atoms with Gasteiger partial charge in [-0.1, -0.05) is 13.8 Å². The van der Waals surface area contributed by atoms with E-state index in [1.807, 2.05) is 4.90 Å². The number of aliphatic hydroxyl groups excluding tert-OH is 1. The van der Waals surface area contributed by atoms with Crippen molar-refractivity contribution in [3.63, 3.8) is 0 Å². The molecule has 0 saturated carbocycles. The minimum Gasteiger partial charge on any atom is -0.396 e. The smallest absolute Gasteiger partial charge is 0.251 e. The van der Waals surface area contributed by atoms with Crippen LogP contribution in [0.2, 0.25) is 0 Å². The Kier molecular flexibility index (Phi) is 5.77. The highest BCUT2D eigenvalue weighted by atomic mass is 16.5. The van der Waals surface area contributed by atoms with Crippen LogP contribution in [0.5, 0.6) is 0 Å². The second kappa shape index (κ2) is 6.86. The summed E-state index contributed by atoms with van der Waals surface area (Å²) >= 11 is 0. The van der Waals surface area contributed by atoms with Gasteiger partial charge >= 0.3 is 0 Å². The molecule has 1 unspecified atom stereocenters. The third kappa shape index (κ3) is 4.10. The maximum Gasteiger partial charge on any atom is 0.251 e. The molecule has 0 aromatic heterocycles. The van der Waals surface area contributed by atoms with Crippen molar-refractivity contribution < 1.29 is 14.6 Å². The molecule has 1 aliphatic heterocycles. The lowest BCUT2D eigenvalue weighted by atomic mass is 10.1. The summed E-state index contributed by atoms with van der Waals surface area (Å²) < 4.78 is 5.43. The zero-order chi connectivity index (χ0) is 12.0. The molecule has 1 N–H and O–H groups in total. The SMILES string of the molecule is CC(C)CCN1CCOC(CCCO)C1=O. The van der Waals surface area contributed by atoms with E-state index in [-0.39, 0.29) is 18.6 Å². The number of carbonyl (C=O) groups excluding carboxylic acids is 1. The van der Waals surface area contributed by atoms with E-state index in [9.17, 15) is 4.79 Å². The number of rotatable bonds is 6. The molecule has 1 saturated heterocycles. The predicted molar refractivity (Wildman–Crippen MR) is 62.1 cm³/mol. The molecule has 1 fully saturated rings. The van der Waals surface area contributed by atoms with Crippen LogP contribution < -0.4 is 0 Å². The summed E-state index contributed by atoms with van der Waals surface area (Å²) in [6.45, 7) is 6.61. The molecule has 0 aromatic carbocycles. The summed E-state index contributed by atoms with van der Waals surface area (Å²) in [5.41, 5.74) is 0. The molecular weight excluding hydrogens is 206 g/mol. The summed E-state index contributed by atoms with van der Waals surface area (Å²) in [7, 11) is 0. The number of aliphatic hydroxyl groups is 1. The zero-order valence-corrected chi connectivity index (χ0v) is 10.3. The lowest BCUT2D eigenvalue weighted by molar-refractivity contribution is -0.153. The Morgan fingerprint density at radius 3 is 2.94 bits per heavy atom. The van der Waals surface area contributed by atoms with E-state index >= 15 is 0 Å². The Morgan fingerprint density at radius 1 is 1.56 bits per heavy atom. The standard InChI is InChI=1S/C12H23NO3/c1-10(2)5-6-13-7-9-16-11(12(13)15)4-3-8-14/h10-11,14H,3-9H2,1-2H3. The minimum atomic E-state index is -0.326. The lowest BCUT2D eigenvalue weighted by Crippen LogP contribution is -2.48. The molecule has 16 heavy (non-hydrogen) atoms. The van der Waals surface area contributed by atoms with Crippen molar-refractivity contribution in [3.05, 3.63) is 0 Å². The Hall–Kier alpha value is -0.610. The molecule has 0 bridgehead atoms. The molecule has 1 atom stereocenters. The summed E-state index contributed by atoms with van der Waals surface area (Å²) in [6, 6.07) is 0. The highest BCUT2D eigenvalue weighted by molar-refractivity contribution is 5.81. The molecule has 1 heterocycles. The van der Waals surface area contributed by atoms with E-state index in [0.717, 1.165) is 13.0 Å². The number of amides is 1. The van der Waals surface area contributed by atoms with Crippen molar-refractivity contribution in [3.8, 4) is 0 Å². The Balaban J connectivity index is 2.37. The van der Waals surface area contributed by atoms with Crippen LogP contribution in [0, 0.1) is 5.92 Å². The van der Waals surface area contributed by atoms with Crippen LogP contribution in [0.4, 0.5) is 0 Å². The van der Waals surface area contributed by atoms with Crippen molar-refractivity contribution in [1.29, 1.82) is 0 Å². The second-order valence-corrected chi connectivity index (χ2v) is 4.73. The van der Waals surface area contributed by atoms with Crippen molar-refractivity contribution >= 4 is 5.91 Å². The van der Waals surface area contributed by atoms with E-state index in [1.54, 1.807) is 0 Å². The van der Waals surface area contributed by atoms with Gasteiger partial charge < -0.3 is 14.7 Å². The number of hydrogen-bond donors (Lipinski definition) is 1. The molecule has 94 valence electrons. The second-order valence-electron chi connectivity index (χ2n) is 4.73. The van der Waals surface area contributed by atoms with Crippen molar-refractivity contribution in [2.45, 2.75) is 39.2 Å². The van der Waals surface area contributed by atoms with Gasteiger partial charge in [-0.05, 0) is 25.2 Å². The van der Waals surface area contributed by atoms with Gasteiger partial charge in [-0.15, -0.1) is 0 Å². The topological polar surface area (TPSA) is 49.8 Å². The normalized spacial score (nSPS) is 21.9. The highest BCUT2D eigenvalue weighted by Gasteiger charge is 2.28. The average molecular weight is 229 g/mol. The van der Waals surface area contributed by atoms with Crippen LogP contribution in [0.3, 0.4) is 0 Å². The maximum absolute atomic E-state index is 12.0. The van der Waals surface area contributed by atoms with Crippen LogP contribution >= 0.6 is 0 Å². The van der Waals surface area contributed by atoms with Crippen molar-refractivity contribution in [2.24, 2.45) is 5.92 Å². The van der Waals surface area contributed by atoms with E-state index < -0.39 is 0 Å². The van der Waals surface area contributed by atoms with Crippen LogP contribution in [0.1, 0.15) is 33.1 Å². The maximum atomic E-state index is 12.0.